The first-order valence-electron chi connectivity index (χ1n) is 8.83. The van der Waals surface area contributed by atoms with Gasteiger partial charge < -0.3 is 14.8 Å². The van der Waals surface area contributed by atoms with E-state index >= 15 is 0 Å². The number of nitrogens with zero attached hydrogens (tertiary/aromatic N) is 2. The van der Waals surface area contributed by atoms with Crippen molar-refractivity contribution >= 4 is 23.2 Å². The molecule has 0 bridgehead atoms. The van der Waals surface area contributed by atoms with Crippen LogP contribution in [0.25, 0.3) is 0 Å². The van der Waals surface area contributed by atoms with Crippen LogP contribution in [0.5, 0.6) is 11.5 Å². The monoisotopic (exact) mass is 365 g/mol. The van der Waals surface area contributed by atoms with Crippen LogP contribution in [-0.4, -0.2) is 36.8 Å². The highest BCUT2D eigenvalue weighted by Gasteiger charge is 2.27. The molecule has 0 radical (unpaired) electrons. The summed E-state index contributed by atoms with van der Waals surface area (Å²) in [5.74, 6) is 0.942. The van der Waals surface area contributed by atoms with Crippen LogP contribution in [0.4, 0.5) is 5.69 Å². The lowest BCUT2D eigenvalue weighted by Crippen LogP contribution is -2.44. The molecule has 0 fully saturated rings. The molecular weight excluding hydrogens is 346 g/mol. The normalized spacial score (nSPS) is 18.7. The van der Waals surface area contributed by atoms with Crippen LogP contribution in [0.1, 0.15) is 12.8 Å². The second kappa shape index (κ2) is 7.49. The first-order chi connectivity index (χ1) is 13.2. The molecule has 2 aliphatic rings. The molecule has 4 rings (SSSR count). The quantitative estimate of drug-likeness (QED) is 0.900. The smallest absolute Gasteiger partial charge is 0.267 e. The first kappa shape index (κ1) is 17.1. The SMILES string of the molecule is O=C(NC[C@@H]1COc2ccccc2O1)C1=NN(c2ccccc2)C(=O)CC1. The van der Waals surface area contributed by atoms with Gasteiger partial charge in [0.05, 0.1) is 12.2 Å². The molecule has 0 saturated heterocycles. The van der Waals surface area contributed by atoms with Gasteiger partial charge in [0, 0.05) is 12.8 Å². The Kier molecular flexibility index (Phi) is 4.74. The topological polar surface area (TPSA) is 80.2 Å². The molecule has 2 aromatic rings. The Balaban J connectivity index is 1.39. The molecule has 27 heavy (non-hydrogen) atoms. The highest BCUT2D eigenvalue weighted by molar-refractivity contribution is 6.40. The number of hydrazone groups is 1. The van der Waals surface area contributed by atoms with Crippen molar-refractivity contribution in [2.24, 2.45) is 5.10 Å². The molecule has 2 aromatic carbocycles. The zero-order chi connectivity index (χ0) is 18.6. The van der Waals surface area contributed by atoms with Crippen LogP contribution >= 0.6 is 0 Å². The minimum Gasteiger partial charge on any atom is -0.486 e. The Labute approximate surface area is 156 Å². The summed E-state index contributed by atoms with van der Waals surface area (Å²) in [7, 11) is 0. The maximum Gasteiger partial charge on any atom is 0.267 e. The number of benzene rings is 2. The van der Waals surface area contributed by atoms with Gasteiger partial charge in [-0.05, 0) is 24.3 Å². The van der Waals surface area contributed by atoms with Gasteiger partial charge in [-0.25, -0.2) is 5.01 Å². The summed E-state index contributed by atoms with van der Waals surface area (Å²) in [4.78, 5) is 24.6. The lowest BCUT2D eigenvalue weighted by atomic mass is 10.1. The number of hydrogen-bond acceptors (Lipinski definition) is 5. The van der Waals surface area contributed by atoms with E-state index in [0.717, 1.165) is 0 Å². The van der Waals surface area contributed by atoms with Crippen molar-refractivity contribution in [1.29, 1.82) is 0 Å². The maximum absolute atomic E-state index is 12.5. The molecular formula is C20H19N3O4. The molecule has 7 nitrogen and oxygen atoms in total. The molecule has 1 N–H and O–H groups in total. The molecule has 0 saturated carbocycles. The zero-order valence-corrected chi connectivity index (χ0v) is 14.6. The van der Waals surface area contributed by atoms with Gasteiger partial charge >= 0.3 is 0 Å². The van der Waals surface area contributed by atoms with Crippen LogP contribution < -0.4 is 19.8 Å². The summed E-state index contributed by atoms with van der Waals surface area (Å²) < 4.78 is 11.5. The molecule has 138 valence electrons. The van der Waals surface area contributed by atoms with E-state index < -0.39 is 0 Å². The van der Waals surface area contributed by atoms with E-state index in [9.17, 15) is 9.59 Å². The lowest BCUT2D eigenvalue weighted by Gasteiger charge is -2.27. The lowest BCUT2D eigenvalue weighted by molar-refractivity contribution is -0.119. The van der Waals surface area contributed by atoms with Gasteiger partial charge in [-0.3, -0.25) is 9.59 Å². The number of fused-ring (bicyclic) bond motifs is 1. The van der Waals surface area contributed by atoms with E-state index in [0.29, 0.717) is 42.5 Å². The zero-order valence-electron chi connectivity index (χ0n) is 14.6. The molecule has 7 heteroatoms. The Morgan fingerprint density at radius 1 is 1.07 bits per heavy atom. The highest BCUT2D eigenvalue weighted by atomic mass is 16.6. The first-order valence-corrected chi connectivity index (χ1v) is 8.83. The molecule has 2 amide bonds. The number of carbonyl (C=O) groups is 2. The average molecular weight is 365 g/mol. The molecule has 2 aliphatic heterocycles. The number of carbonyl (C=O) groups excluding carboxylic acids is 2. The Morgan fingerprint density at radius 2 is 1.81 bits per heavy atom. The van der Waals surface area contributed by atoms with E-state index in [4.69, 9.17) is 9.47 Å². The van der Waals surface area contributed by atoms with Crippen molar-refractivity contribution < 1.29 is 19.1 Å². The minimum atomic E-state index is -0.300. The molecule has 1 atom stereocenters. The summed E-state index contributed by atoms with van der Waals surface area (Å²) >= 11 is 0. The number of nitrogens with one attached hydrogen (secondary N) is 1. The summed E-state index contributed by atoms with van der Waals surface area (Å²) in [6.45, 7) is 0.657. The Hall–Kier alpha value is -3.35. The Bertz CT molecular complexity index is 882. The van der Waals surface area contributed by atoms with Crippen molar-refractivity contribution in [3.8, 4) is 11.5 Å². The predicted octanol–water partition coefficient (Wildman–Crippen LogP) is 2.13. The predicted molar refractivity (Wildman–Crippen MR) is 100.0 cm³/mol. The van der Waals surface area contributed by atoms with Gasteiger partial charge in [0.2, 0.25) is 5.91 Å². The van der Waals surface area contributed by atoms with Gasteiger partial charge in [-0.15, -0.1) is 0 Å². The van der Waals surface area contributed by atoms with Crippen LogP contribution in [0.15, 0.2) is 59.7 Å². The third-order valence-electron chi connectivity index (χ3n) is 4.35. The van der Waals surface area contributed by atoms with E-state index in [1.54, 1.807) is 12.1 Å². The Morgan fingerprint density at radius 3 is 2.63 bits per heavy atom. The number of rotatable bonds is 4. The van der Waals surface area contributed by atoms with Crippen molar-refractivity contribution in [2.75, 3.05) is 18.2 Å². The standard InChI is InChI=1S/C20H19N3O4/c24-19-11-10-16(22-23(19)14-6-2-1-3-7-14)20(25)21-12-15-13-26-17-8-4-5-9-18(17)27-15/h1-9,15H,10-13H2,(H,21,25)/t15-/m1/s1. The third kappa shape index (κ3) is 3.76. The number of amides is 2. The minimum absolute atomic E-state index is 0.127. The van der Waals surface area contributed by atoms with Crippen molar-refractivity contribution in [3.63, 3.8) is 0 Å². The number of ether oxygens (including phenoxy) is 2. The van der Waals surface area contributed by atoms with Crippen molar-refractivity contribution in [1.82, 2.24) is 5.32 Å². The summed E-state index contributed by atoms with van der Waals surface area (Å²) in [6.07, 6.45) is 0.288. The second-order valence-electron chi connectivity index (χ2n) is 6.30. The van der Waals surface area contributed by atoms with E-state index in [1.807, 2.05) is 42.5 Å². The summed E-state index contributed by atoms with van der Waals surface area (Å²) in [5, 5.41) is 8.36. The van der Waals surface area contributed by atoms with Crippen LogP contribution in [0.2, 0.25) is 0 Å². The molecule has 0 aliphatic carbocycles. The second-order valence-corrected chi connectivity index (χ2v) is 6.30. The van der Waals surface area contributed by atoms with Crippen LogP contribution in [0, 0.1) is 0 Å². The molecule has 0 spiro atoms. The maximum atomic E-state index is 12.5. The summed E-state index contributed by atoms with van der Waals surface area (Å²) in [6, 6.07) is 16.5. The van der Waals surface area contributed by atoms with Crippen LogP contribution in [0.3, 0.4) is 0 Å². The third-order valence-corrected chi connectivity index (χ3v) is 4.35. The van der Waals surface area contributed by atoms with Crippen molar-refractivity contribution in [2.45, 2.75) is 18.9 Å². The van der Waals surface area contributed by atoms with E-state index in [1.165, 1.54) is 5.01 Å². The fraction of sp³-hybridized carbons (Fsp3) is 0.250. The van der Waals surface area contributed by atoms with E-state index in [-0.39, 0.29) is 24.3 Å². The van der Waals surface area contributed by atoms with Gasteiger partial charge in [0.25, 0.3) is 5.91 Å². The molecule has 0 aromatic heterocycles. The van der Waals surface area contributed by atoms with Gasteiger partial charge in [0.15, 0.2) is 11.5 Å². The fourth-order valence-corrected chi connectivity index (χ4v) is 2.96. The number of anilines is 1. The average Bonchev–Trinajstić information content (AvgIpc) is 2.73. The van der Waals surface area contributed by atoms with Gasteiger partial charge in [0.1, 0.15) is 18.4 Å². The van der Waals surface area contributed by atoms with Crippen LogP contribution in [-0.2, 0) is 9.59 Å². The number of hydrogen-bond donors (Lipinski definition) is 1. The van der Waals surface area contributed by atoms with Crippen molar-refractivity contribution in [3.05, 3.63) is 54.6 Å². The largest absolute Gasteiger partial charge is 0.486 e. The fourth-order valence-electron chi connectivity index (χ4n) is 2.96. The highest BCUT2D eigenvalue weighted by Crippen LogP contribution is 2.30. The summed E-state index contributed by atoms with van der Waals surface area (Å²) in [5.41, 5.74) is 0.976. The molecule has 2 heterocycles. The van der Waals surface area contributed by atoms with Gasteiger partial charge in [-0.2, -0.15) is 5.10 Å². The van der Waals surface area contributed by atoms with Gasteiger partial charge in [-0.1, -0.05) is 30.3 Å². The van der Waals surface area contributed by atoms with E-state index in [2.05, 4.69) is 10.4 Å². The number of para-hydroxylation sites is 3. The molecule has 0 unspecified atom stereocenters.